The minimum absolute atomic E-state index is 0.0288. The number of allylic oxidation sites excluding steroid dienone is 1. The summed E-state index contributed by atoms with van der Waals surface area (Å²) >= 11 is 0. The van der Waals surface area contributed by atoms with E-state index in [1.165, 1.54) is 6.21 Å². The molecule has 2 aromatic carbocycles. The van der Waals surface area contributed by atoms with Crippen molar-refractivity contribution < 1.29 is 9.94 Å². The lowest BCUT2D eigenvalue weighted by atomic mass is 10.2. The number of nitriles is 1. The Hall–Kier alpha value is -3.59. The zero-order valence-corrected chi connectivity index (χ0v) is 12.7. The Balaban J connectivity index is 1.73. The molecule has 118 valence electrons. The first-order valence-electron chi connectivity index (χ1n) is 7.25. The van der Waals surface area contributed by atoms with Gasteiger partial charge in [0, 0.05) is 0 Å². The van der Waals surface area contributed by atoms with Crippen LogP contribution in [0.3, 0.4) is 0 Å². The molecule has 0 saturated heterocycles. The number of aliphatic hydroxyl groups excluding tert-OH is 1. The van der Waals surface area contributed by atoms with Crippen molar-refractivity contribution in [2.75, 3.05) is 6.61 Å². The lowest BCUT2D eigenvalue weighted by Gasteiger charge is -2.01. The minimum atomic E-state index is -0.234. The molecule has 2 N–H and O–H groups in total. The number of H-pyrrole nitrogens is 1. The van der Waals surface area contributed by atoms with Gasteiger partial charge in [-0.15, -0.1) is 0 Å². The topological polar surface area (TPSA) is 94.3 Å². The molecule has 0 radical (unpaired) electrons. The largest absolute Gasteiger partial charge is 0.507 e. The van der Waals surface area contributed by atoms with Crippen molar-refractivity contribution in [3.8, 4) is 6.07 Å². The molecule has 0 unspecified atom stereocenters. The van der Waals surface area contributed by atoms with E-state index in [4.69, 9.17) is 4.84 Å². The Morgan fingerprint density at radius 2 is 1.96 bits per heavy atom. The summed E-state index contributed by atoms with van der Waals surface area (Å²) in [4.78, 5) is 12.3. The summed E-state index contributed by atoms with van der Waals surface area (Å²) in [5.74, 6) is 0.0635. The summed E-state index contributed by atoms with van der Waals surface area (Å²) in [5.41, 5.74) is 2.41. The van der Waals surface area contributed by atoms with Crippen LogP contribution < -0.4 is 0 Å². The van der Waals surface area contributed by atoms with Crippen LogP contribution in [-0.2, 0) is 4.84 Å². The number of nitrogens with zero attached hydrogens (tertiary/aromatic N) is 3. The van der Waals surface area contributed by atoms with Gasteiger partial charge in [-0.3, -0.25) is 0 Å². The van der Waals surface area contributed by atoms with E-state index < -0.39 is 0 Å². The first kappa shape index (κ1) is 15.3. The molecule has 3 aromatic rings. The maximum absolute atomic E-state index is 10.1. The average Bonchev–Trinajstić information content (AvgIpc) is 3.04. The van der Waals surface area contributed by atoms with Crippen LogP contribution in [0.15, 0.2) is 65.5 Å². The number of aromatic amines is 1. The minimum Gasteiger partial charge on any atom is -0.507 e. The summed E-state index contributed by atoms with van der Waals surface area (Å²) in [7, 11) is 0. The standard InChI is InChI=1S/C18H14N4O2/c19-10-14(18-21-15-8-4-5-9-16(15)22-18)17(23)12-24-20-11-13-6-2-1-3-7-13/h1-9,11,23H,12H2,(H,21,22)/b17-14?,20-11-. The number of para-hydroxylation sites is 2. The van der Waals surface area contributed by atoms with Gasteiger partial charge in [-0.1, -0.05) is 47.6 Å². The summed E-state index contributed by atoms with van der Waals surface area (Å²) in [6.45, 7) is -0.219. The molecule has 0 fully saturated rings. The van der Waals surface area contributed by atoms with Crippen LogP contribution in [0.2, 0.25) is 0 Å². The van der Waals surface area contributed by atoms with Crippen molar-refractivity contribution >= 4 is 22.8 Å². The summed E-state index contributed by atoms with van der Waals surface area (Å²) < 4.78 is 0. The summed E-state index contributed by atoms with van der Waals surface area (Å²) in [6.07, 6.45) is 1.53. The van der Waals surface area contributed by atoms with Crippen molar-refractivity contribution in [2.24, 2.45) is 5.16 Å². The van der Waals surface area contributed by atoms with Crippen molar-refractivity contribution in [2.45, 2.75) is 0 Å². The number of oxime groups is 1. The Bertz CT molecular complexity index is 903. The maximum Gasteiger partial charge on any atom is 0.175 e. The number of imidazole rings is 1. The third-order valence-electron chi connectivity index (χ3n) is 3.30. The Kier molecular flexibility index (Phi) is 4.54. The monoisotopic (exact) mass is 318 g/mol. The number of rotatable bonds is 5. The fourth-order valence-electron chi connectivity index (χ4n) is 2.13. The van der Waals surface area contributed by atoms with Gasteiger partial charge in [-0.05, 0) is 17.7 Å². The van der Waals surface area contributed by atoms with Crippen LogP contribution in [0.1, 0.15) is 11.4 Å². The van der Waals surface area contributed by atoms with E-state index >= 15 is 0 Å². The van der Waals surface area contributed by atoms with Crippen LogP contribution >= 0.6 is 0 Å². The Morgan fingerprint density at radius 1 is 1.21 bits per heavy atom. The molecule has 0 spiro atoms. The average molecular weight is 318 g/mol. The van der Waals surface area contributed by atoms with E-state index in [2.05, 4.69) is 15.1 Å². The lowest BCUT2D eigenvalue weighted by molar-refractivity contribution is 0.139. The van der Waals surface area contributed by atoms with E-state index in [1.807, 2.05) is 60.7 Å². The van der Waals surface area contributed by atoms with Gasteiger partial charge in [0.15, 0.2) is 18.2 Å². The summed E-state index contributed by atoms with van der Waals surface area (Å²) in [6, 6.07) is 18.7. The van der Waals surface area contributed by atoms with E-state index in [0.29, 0.717) is 5.82 Å². The quantitative estimate of drug-likeness (QED) is 0.326. The zero-order chi connectivity index (χ0) is 16.8. The second-order valence-corrected chi connectivity index (χ2v) is 4.95. The zero-order valence-electron chi connectivity index (χ0n) is 12.7. The molecule has 6 nitrogen and oxygen atoms in total. The first-order chi connectivity index (χ1) is 11.8. The van der Waals surface area contributed by atoms with Gasteiger partial charge < -0.3 is 14.9 Å². The molecule has 0 saturated carbocycles. The van der Waals surface area contributed by atoms with Gasteiger partial charge in [-0.25, -0.2) is 4.98 Å². The molecule has 24 heavy (non-hydrogen) atoms. The highest BCUT2D eigenvalue weighted by Gasteiger charge is 2.13. The number of hydrogen-bond donors (Lipinski definition) is 2. The number of aliphatic hydroxyl groups is 1. The van der Waals surface area contributed by atoms with Gasteiger partial charge in [-0.2, -0.15) is 5.26 Å². The van der Waals surface area contributed by atoms with Gasteiger partial charge in [0.1, 0.15) is 11.6 Å². The molecule has 0 aliphatic heterocycles. The molecule has 0 aliphatic rings. The molecule has 6 heteroatoms. The lowest BCUT2D eigenvalue weighted by Crippen LogP contribution is -1.99. The van der Waals surface area contributed by atoms with Gasteiger partial charge in [0.2, 0.25) is 0 Å². The molecule has 3 rings (SSSR count). The smallest absolute Gasteiger partial charge is 0.175 e. The third kappa shape index (κ3) is 3.42. The number of aromatic nitrogens is 2. The first-order valence-corrected chi connectivity index (χ1v) is 7.25. The second kappa shape index (κ2) is 7.11. The van der Waals surface area contributed by atoms with Crippen LogP contribution in [0, 0.1) is 11.3 Å². The molecule has 0 bridgehead atoms. The molecule has 1 heterocycles. The van der Waals surface area contributed by atoms with E-state index in [9.17, 15) is 10.4 Å². The highest BCUT2D eigenvalue weighted by Crippen LogP contribution is 2.18. The van der Waals surface area contributed by atoms with Crippen LogP contribution in [0.5, 0.6) is 0 Å². The van der Waals surface area contributed by atoms with Crippen molar-refractivity contribution in [1.82, 2.24) is 9.97 Å². The normalized spacial score (nSPS) is 12.1. The summed E-state index contributed by atoms with van der Waals surface area (Å²) in [5, 5.41) is 23.1. The molecule has 0 atom stereocenters. The predicted octanol–water partition coefficient (Wildman–Crippen LogP) is 3.41. The molecular weight excluding hydrogens is 304 g/mol. The number of nitrogens with one attached hydrogen (secondary N) is 1. The Morgan fingerprint density at radius 3 is 2.71 bits per heavy atom. The van der Waals surface area contributed by atoms with E-state index in [-0.39, 0.29) is 17.9 Å². The highest BCUT2D eigenvalue weighted by molar-refractivity contribution is 5.82. The fourth-order valence-corrected chi connectivity index (χ4v) is 2.13. The Labute approximate surface area is 138 Å². The van der Waals surface area contributed by atoms with Crippen molar-refractivity contribution in [3.05, 3.63) is 71.7 Å². The molecular formula is C18H14N4O2. The van der Waals surface area contributed by atoms with Gasteiger partial charge in [0.25, 0.3) is 0 Å². The number of hydrogen-bond acceptors (Lipinski definition) is 5. The van der Waals surface area contributed by atoms with Crippen LogP contribution in [-0.4, -0.2) is 27.9 Å². The van der Waals surface area contributed by atoms with Crippen molar-refractivity contribution in [1.29, 1.82) is 5.26 Å². The van der Waals surface area contributed by atoms with Crippen molar-refractivity contribution in [3.63, 3.8) is 0 Å². The molecule has 0 amide bonds. The molecule has 0 aliphatic carbocycles. The third-order valence-corrected chi connectivity index (χ3v) is 3.30. The van der Waals surface area contributed by atoms with E-state index in [1.54, 1.807) is 0 Å². The second-order valence-electron chi connectivity index (χ2n) is 4.95. The predicted molar refractivity (Wildman–Crippen MR) is 91.2 cm³/mol. The van der Waals surface area contributed by atoms with Crippen LogP contribution in [0.4, 0.5) is 0 Å². The van der Waals surface area contributed by atoms with Crippen LogP contribution in [0.25, 0.3) is 16.6 Å². The highest BCUT2D eigenvalue weighted by atomic mass is 16.6. The fraction of sp³-hybridized carbons (Fsp3) is 0.0556. The maximum atomic E-state index is 10.1. The van der Waals surface area contributed by atoms with E-state index in [0.717, 1.165) is 16.6 Å². The SMILES string of the molecule is N#CC(=C(O)CO/N=C\c1ccccc1)c1nc2ccccc2[nH]1. The van der Waals surface area contributed by atoms with Gasteiger partial charge >= 0.3 is 0 Å². The number of fused-ring (bicyclic) bond motifs is 1. The van der Waals surface area contributed by atoms with Gasteiger partial charge in [0.05, 0.1) is 17.2 Å². The number of benzene rings is 2. The molecule has 1 aromatic heterocycles.